The summed E-state index contributed by atoms with van der Waals surface area (Å²) < 4.78 is 0. The summed E-state index contributed by atoms with van der Waals surface area (Å²) in [6.45, 7) is 4.89. The fourth-order valence-electron chi connectivity index (χ4n) is 3.16. The molecule has 0 aromatic rings. The lowest BCUT2D eigenvalue weighted by atomic mass is 9.63. The quantitative estimate of drug-likeness (QED) is 0.476. The van der Waals surface area contributed by atoms with Gasteiger partial charge in [-0.25, -0.2) is 0 Å². The van der Waals surface area contributed by atoms with Gasteiger partial charge in [0.15, 0.2) is 0 Å². The molecule has 0 aromatic carbocycles. The molecular weight excluding hydrogens is 144 g/mol. The first-order valence-corrected chi connectivity index (χ1v) is 5.43. The van der Waals surface area contributed by atoms with Gasteiger partial charge in [-0.05, 0) is 43.4 Å². The summed E-state index contributed by atoms with van der Waals surface area (Å²) >= 11 is 0. The van der Waals surface area contributed by atoms with Gasteiger partial charge >= 0.3 is 0 Å². The van der Waals surface area contributed by atoms with E-state index in [1.54, 1.807) is 5.57 Å². The molecule has 68 valence electrons. The third kappa shape index (κ3) is 1.22. The van der Waals surface area contributed by atoms with Gasteiger partial charge < -0.3 is 0 Å². The monoisotopic (exact) mass is 164 g/mol. The highest BCUT2D eigenvalue weighted by Gasteiger charge is 2.35. The average Bonchev–Trinajstić information content (AvgIpc) is 2.04. The van der Waals surface area contributed by atoms with E-state index in [-0.39, 0.29) is 0 Å². The Morgan fingerprint density at radius 1 is 1.33 bits per heavy atom. The summed E-state index contributed by atoms with van der Waals surface area (Å²) in [4.78, 5) is 0. The van der Waals surface area contributed by atoms with Crippen molar-refractivity contribution >= 4 is 0 Å². The van der Waals surface area contributed by atoms with Gasteiger partial charge in [-0.2, -0.15) is 0 Å². The fourth-order valence-corrected chi connectivity index (χ4v) is 3.16. The molecule has 0 bridgehead atoms. The van der Waals surface area contributed by atoms with Crippen LogP contribution in [0, 0.1) is 11.3 Å². The minimum atomic E-state index is 0.607. The van der Waals surface area contributed by atoms with Gasteiger partial charge in [0, 0.05) is 0 Å². The van der Waals surface area contributed by atoms with E-state index in [0.29, 0.717) is 5.41 Å². The van der Waals surface area contributed by atoms with Crippen LogP contribution < -0.4 is 0 Å². The zero-order valence-electron chi connectivity index (χ0n) is 8.40. The second-order valence-electron chi connectivity index (χ2n) is 4.91. The van der Waals surface area contributed by atoms with E-state index in [1.165, 1.54) is 38.5 Å². The summed E-state index contributed by atoms with van der Waals surface area (Å²) in [5.74, 6) is 0.879. The van der Waals surface area contributed by atoms with Crippen LogP contribution >= 0.6 is 0 Å². The molecule has 1 fully saturated rings. The van der Waals surface area contributed by atoms with Crippen molar-refractivity contribution in [3.05, 3.63) is 11.6 Å². The minimum Gasteiger partial charge on any atom is -0.0845 e. The van der Waals surface area contributed by atoms with Crippen LogP contribution in [-0.4, -0.2) is 0 Å². The van der Waals surface area contributed by atoms with Crippen LogP contribution in [0.3, 0.4) is 0 Å². The van der Waals surface area contributed by atoms with Gasteiger partial charge in [0.25, 0.3) is 0 Å². The zero-order valence-corrected chi connectivity index (χ0v) is 8.40. The molecule has 0 aliphatic heterocycles. The first-order chi connectivity index (χ1) is 5.72. The summed E-state index contributed by atoms with van der Waals surface area (Å²) in [5, 5.41) is 0. The highest BCUT2D eigenvalue weighted by Crippen LogP contribution is 2.49. The Morgan fingerprint density at radius 3 is 2.83 bits per heavy atom. The molecule has 0 heteroatoms. The molecule has 0 amide bonds. The van der Waals surface area contributed by atoms with Crippen LogP contribution in [0.5, 0.6) is 0 Å². The predicted molar refractivity (Wildman–Crippen MR) is 53.1 cm³/mol. The summed E-state index contributed by atoms with van der Waals surface area (Å²) in [6.07, 6.45) is 11.1. The van der Waals surface area contributed by atoms with Gasteiger partial charge in [-0.3, -0.25) is 0 Å². The van der Waals surface area contributed by atoms with Crippen molar-refractivity contribution in [2.75, 3.05) is 0 Å². The summed E-state index contributed by atoms with van der Waals surface area (Å²) in [7, 11) is 0. The van der Waals surface area contributed by atoms with E-state index >= 15 is 0 Å². The van der Waals surface area contributed by atoms with Gasteiger partial charge in [-0.1, -0.05) is 31.9 Å². The van der Waals surface area contributed by atoms with Crippen LogP contribution in [0.2, 0.25) is 0 Å². The van der Waals surface area contributed by atoms with Crippen molar-refractivity contribution in [3.8, 4) is 0 Å². The molecule has 12 heavy (non-hydrogen) atoms. The van der Waals surface area contributed by atoms with Gasteiger partial charge in [0.05, 0.1) is 0 Å². The van der Waals surface area contributed by atoms with E-state index in [0.717, 1.165) is 5.92 Å². The third-order valence-electron chi connectivity index (χ3n) is 3.89. The standard InChI is InChI=1S/C12H20/c1-10-6-5-9-12(2)8-4-3-7-11(10)12/h7,10H,3-6,8-9H2,1-2H3/t10-,12+/m0/s1. The Labute approximate surface area is 76.1 Å². The van der Waals surface area contributed by atoms with Crippen LogP contribution in [0.1, 0.15) is 52.4 Å². The number of fused-ring (bicyclic) bond motifs is 1. The highest BCUT2D eigenvalue weighted by atomic mass is 14.4. The maximum Gasteiger partial charge on any atom is -0.0114 e. The molecule has 0 aromatic heterocycles. The Balaban J connectivity index is 2.27. The smallest absolute Gasteiger partial charge is 0.0114 e. The normalized spacial score (nSPS) is 41.8. The first kappa shape index (κ1) is 8.34. The lowest BCUT2D eigenvalue weighted by Crippen LogP contribution is -2.29. The number of hydrogen-bond donors (Lipinski definition) is 0. The van der Waals surface area contributed by atoms with Crippen LogP contribution in [0.15, 0.2) is 11.6 Å². The molecule has 0 N–H and O–H groups in total. The number of allylic oxidation sites excluding steroid dienone is 2. The van der Waals surface area contributed by atoms with Crippen molar-refractivity contribution in [2.45, 2.75) is 52.4 Å². The SMILES string of the molecule is C[C@H]1CCC[C@@]2(C)CCCC=C12. The zero-order chi connectivity index (χ0) is 8.60. The molecule has 0 unspecified atom stereocenters. The average molecular weight is 164 g/mol. The van der Waals surface area contributed by atoms with E-state index in [9.17, 15) is 0 Å². The molecule has 0 saturated heterocycles. The van der Waals surface area contributed by atoms with E-state index in [2.05, 4.69) is 19.9 Å². The van der Waals surface area contributed by atoms with Gasteiger partial charge in [0.1, 0.15) is 0 Å². The topological polar surface area (TPSA) is 0 Å². The molecule has 2 aliphatic rings. The summed E-state index contributed by atoms with van der Waals surface area (Å²) in [5.41, 5.74) is 2.40. The van der Waals surface area contributed by atoms with Crippen LogP contribution in [0.4, 0.5) is 0 Å². The molecule has 1 saturated carbocycles. The Hall–Kier alpha value is -0.260. The maximum absolute atomic E-state index is 2.54. The molecule has 2 aliphatic carbocycles. The van der Waals surface area contributed by atoms with Crippen molar-refractivity contribution in [1.82, 2.24) is 0 Å². The van der Waals surface area contributed by atoms with Gasteiger partial charge in [0.2, 0.25) is 0 Å². The molecule has 2 atom stereocenters. The molecule has 0 heterocycles. The highest BCUT2D eigenvalue weighted by molar-refractivity contribution is 5.20. The molecule has 0 radical (unpaired) electrons. The molecular formula is C12H20. The molecule has 0 nitrogen and oxygen atoms in total. The van der Waals surface area contributed by atoms with E-state index in [1.807, 2.05) is 0 Å². The Kier molecular flexibility index (Phi) is 2.02. The second-order valence-corrected chi connectivity index (χ2v) is 4.91. The van der Waals surface area contributed by atoms with E-state index < -0.39 is 0 Å². The maximum atomic E-state index is 2.54. The van der Waals surface area contributed by atoms with Crippen LogP contribution in [0.25, 0.3) is 0 Å². The van der Waals surface area contributed by atoms with Crippen molar-refractivity contribution in [2.24, 2.45) is 11.3 Å². The van der Waals surface area contributed by atoms with Crippen molar-refractivity contribution in [1.29, 1.82) is 0 Å². The van der Waals surface area contributed by atoms with Gasteiger partial charge in [-0.15, -0.1) is 0 Å². The predicted octanol–water partition coefficient (Wildman–Crippen LogP) is 3.92. The van der Waals surface area contributed by atoms with Crippen molar-refractivity contribution in [3.63, 3.8) is 0 Å². The molecule has 2 rings (SSSR count). The van der Waals surface area contributed by atoms with Crippen molar-refractivity contribution < 1.29 is 0 Å². The minimum absolute atomic E-state index is 0.607. The fraction of sp³-hybridized carbons (Fsp3) is 0.833. The largest absolute Gasteiger partial charge is 0.0845 e. The van der Waals surface area contributed by atoms with Crippen LogP contribution in [-0.2, 0) is 0 Å². The third-order valence-corrected chi connectivity index (χ3v) is 3.89. The lowest BCUT2D eigenvalue weighted by molar-refractivity contribution is 0.229. The second kappa shape index (κ2) is 2.90. The Morgan fingerprint density at radius 2 is 2.08 bits per heavy atom. The summed E-state index contributed by atoms with van der Waals surface area (Å²) in [6, 6.07) is 0. The number of rotatable bonds is 0. The number of hydrogen-bond acceptors (Lipinski definition) is 0. The lowest BCUT2D eigenvalue weighted by Gasteiger charge is -2.42. The molecule has 0 spiro atoms. The Bertz CT molecular complexity index is 202. The first-order valence-electron chi connectivity index (χ1n) is 5.43. The van der Waals surface area contributed by atoms with E-state index in [4.69, 9.17) is 0 Å².